The van der Waals surface area contributed by atoms with Gasteiger partial charge in [0.15, 0.2) is 10.0 Å². The minimum absolute atomic E-state index is 0.0882. The number of nitrogens with zero attached hydrogens (tertiary/aromatic N) is 6. The number of aromatic nitrogens is 4. The Morgan fingerprint density at radius 2 is 2.05 bits per heavy atom. The van der Waals surface area contributed by atoms with E-state index in [1.165, 1.54) is 12.1 Å². The number of sulfonamides is 1. The van der Waals surface area contributed by atoms with Gasteiger partial charge in [0.1, 0.15) is 23.7 Å². The largest absolute Gasteiger partial charge is 0.367 e. The maximum atomic E-state index is 13.6. The molecular weight excluding hydrogens is 529 g/mol. The number of nitriles is 1. The predicted molar refractivity (Wildman–Crippen MR) is 131 cm³/mol. The molecule has 2 atom stereocenters. The predicted octanol–water partition coefficient (Wildman–Crippen LogP) is 2.87. The lowest BCUT2D eigenvalue weighted by Gasteiger charge is -2.38. The molecule has 15 heteroatoms. The van der Waals surface area contributed by atoms with Crippen LogP contribution in [0.4, 0.5) is 18.9 Å². The molecule has 1 aliphatic carbocycles. The van der Waals surface area contributed by atoms with Crippen molar-refractivity contribution in [2.45, 2.75) is 55.6 Å². The maximum absolute atomic E-state index is 13.6. The van der Waals surface area contributed by atoms with Gasteiger partial charge in [0.2, 0.25) is 10.0 Å². The van der Waals surface area contributed by atoms with Gasteiger partial charge in [0, 0.05) is 24.5 Å². The lowest BCUT2D eigenvalue weighted by Crippen LogP contribution is -2.56. The van der Waals surface area contributed by atoms with Gasteiger partial charge in [0.25, 0.3) is 6.43 Å². The first-order chi connectivity index (χ1) is 17.5. The lowest BCUT2D eigenvalue weighted by molar-refractivity contribution is 0.150. The zero-order valence-electron chi connectivity index (χ0n) is 19.9. The monoisotopic (exact) mass is 552 g/mol. The molecule has 3 aromatic rings. The Hall–Kier alpha value is -2.93. The summed E-state index contributed by atoms with van der Waals surface area (Å²) < 4.78 is 69.4. The van der Waals surface area contributed by atoms with E-state index in [2.05, 4.69) is 30.2 Å². The highest BCUT2D eigenvalue weighted by atomic mass is 32.2. The molecule has 1 aliphatic heterocycles. The third-order valence-corrected chi connectivity index (χ3v) is 8.73. The molecule has 0 radical (unpaired) electrons. The van der Waals surface area contributed by atoms with Crippen molar-refractivity contribution in [2.24, 2.45) is 0 Å². The molecule has 5 rings (SSSR count). The number of fused-ring (bicyclic) bond motifs is 1. The Bertz CT molecular complexity index is 1500. The van der Waals surface area contributed by atoms with E-state index in [0.29, 0.717) is 47.8 Å². The highest BCUT2D eigenvalue weighted by Gasteiger charge is 2.47. The zero-order valence-corrected chi connectivity index (χ0v) is 21.5. The fraction of sp³-hybridized carbons (Fsp3) is 0.500. The lowest BCUT2D eigenvalue weighted by atomic mass is 10.1. The van der Waals surface area contributed by atoms with Crippen LogP contribution in [-0.2, 0) is 10.0 Å². The van der Waals surface area contributed by atoms with Crippen LogP contribution in [0.1, 0.15) is 37.0 Å². The fourth-order valence-electron chi connectivity index (χ4n) is 4.42. The second-order valence-electron chi connectivity index (χ2n) is 9.33. The number of benzene rings is 1. The molecule has 1 saturated heterocycles. The number of hydrogen-bond donors (Lipinski definition) is 2. The van der Waals surface area contributed by atoms with Crippen LogP contribution in [0, 0.1) is 18.3 Å². The smallest absolute Gasteiger partial charge is 0.291 e. The molecule has 37 heavy (non-hydrogen) atoms. The average molecular weight is 553 g/mol. The van der Waals surface area contributed by atoms with Crippen molar-refractivity contribution in [1.29, 1.82) is 5.26 Å². The van der Waals surface area contributed by atoms with Gasteiger partial charge in [-0.25, -0.2) is 31.6 Å². The van der Waals surface area contributed by atoms with Crippen molar-refractivity contribution in [3.63, 3.8) is 0 Å². The van der Waals surface area contributed by atoms with E-state index >= 15 is 0 Å². The number of piperazine rings is 1. The average Bonchev–Trinajstić information content (AvgIpc) is 3.43. The Morgan fingerprint density at radius 3 is 2.68 bits per heavy atom. The number of hydrogen-bond acceptors (Lipinski definition) is 10. The summed E-state index contributed by atoms with van der Waals surface area (Å²) in [5.41, 5.74) is -0.188. The second-order valence-corrected chi connectivity index (χ2v) is 12.0. The fourth-order valence-corrected chi connectivity index (χ4v) is 6.55. The molecule has 2 aliphatic rings. The van der Waals surface area contributed by atoms with E-state index in [4.69, 9.17) is 0 Å². The molecule has 10 nitrogen and oxygen atoms in total. The van der Waals surface area contributed by atoms with Crippen molar-refractivity contribution >= 4 is 38.0 Å². The molecule has 2 N–H and O–H groups in total. The molecule has 3 heterocycles. The van der Waals surface area contributed by atoms with Crippen LogP contribution in [0.2, 0.25) is 0 Å². The van der Waals surface area contributed by atoms with Crippen LogP contribution >= 0.6 is 11.3 Å². The van der Waals surface area contributed by atoms with Gasteiger partial charge in [-0.05, 0) is 38.8 Å². The third-order valence-electron chi connectivity index (χ3n) is 6.28. The van der Waals surface area contributed by atoms with Crippen molar-refractivity contribution in [1.82, 2.24) is 30.2 Å². The highest BCUT2D eigenvalue weighted by molar-refractivity contribution is 7.89. The maximum Gasteiger partial charge on any atom is 0.291 e. The topological polar surface area (TPSA) is 137 Å². The normalized spacial score (nSPS) is 21.4. The number of halogens is 3. The number of alkyl halides is 3. The highest BCUT2D eigenvalue weighted by Crippen LogP contribution is 2.39. The van der Waals surface area contributed by atoms with Gasteiger partial charge in [-0.15, -0.1) is 10.2 Å². The Labute approximate surface area is 215 Å². The Kier molecular flexibility index (Phi) is 6.55. The number of rotatable bonds is 7. The molecule has 1 aromatic carbocycles. The minimum atomic E-state index is -4.17. The molecular formula is C22H23F3N8O2S2. The molecule has 2 aromatic heterocycles. The third kappa shape index (κ3) is 4.98. The van der Waals surface area contributed by atoms with Gasteiger partial charge >= 0.3 is 0 Å². The summed E-state index contributed by atoms with van der Waals surface area (Å²) in [7, 11) is -4.17. The zero-order chi connectivity index (χ0) is 26.5. The van der Waals surface area contributed by atoms with Gasteiger partial charge in [-0.1, -0.05) is 11.3 Å². The van der Waals surface area contributed by atoms with Crippen molar-refractivity contribution in [3.8, 4) is 16.8 Å². The van der Waals surface area contributed by atoms with Crippen LogP contribution in [0.3, 0.4) is 0 Å². The van der Waals surface area contributed by atoms with Gasteiger partial charge in [0.05, 0.1) is 28.2 Å². The molecule has 0 bridgehead atoms. The summed E-state index contributed by atoms with van der Waals surface area (Å²) in [4.78, 5) is 10.7. The molecule has 1 saturated carbocycles. The van der Waals surface area contributed by atoms with Crippen LogP contribution in [0.25, 0.3) is 21.6 Å². The van der Waals surface area contributed by atoms with Gasteiger partial charge in [-0.2, -0.15) is 9.98 Å². The van der Waals surface area contributed by atoms with Crippen LogP contribution in [-0.4, -0.2) is 66.0 Å². The van der Waals surface area contributed by atoms with Gasteiger partial charge < -0.3 is 10.2 Å². The van der Waals surface area contributed by atoms with E-state index in [1.807, 2.05) is 17.9 Å². The van der Waals surface area contributed by atoms with Crippen molar-refractivity contribution in [3.05, 3.63) is 23.0 Å². The van der Waals surface area contributed by atoms with E-state index in [0.717, 1.165) is 0 Å². The second kappa shape index (κ2) is 9.43. The molecule has 0 amide bonds. The van der Waals surface area contributed by atoms with E-state index in [1.54, 1.807) is 6.92 Å². The quantitative estimate of drug-likeness (QED) is 0.453. The Morgan fingerprint density at radius 1 is 1.30 bits per heavy atom. The van der Waals surface area contributed by atoms with E-state index in [9.17, 15) is 26.9 Å². The molecule has 0 spiro atoms. The van der Waals surface area contributed by atoms with Crippen LogP contribution in [0.5, 0.6) is 0 Å². The number of anilines is 1. The Balaban J connectivity index is 1.73. The van der Waals surface area contributed by atoms with Crippen LogP contribution < -0.4 is 14.9 Å². The molecule has 196 valence electrons. The van der Waals surface area contributed by atoms with Crippen molar-refractivity contribution < 1.29 is 21.6 Å². The summed E-state index contributed by atoms with van der Waals surface area (Å²) in [6.45, 7) is 3.59. The minimum Gasteiger partial charge on any atom is -0.367 e. The summed E-state index contributed by atoms with van der Waals surface area (Å²) in [6, 6.07) is 4.23. The SMILES string of the molecule is Cc1nc(-c2nnc(C(F)F)s2)c2cc(S(=O)(=O)NC3(C#N)CC3)cc(N3C[C@H](CF)N[C@@H](C)C3)c2n1. The first kappa shape index (κ1) is 25.7. The van der Waals surface area contributed by atoms with Gasteiger partial charge in [-0.3, -0.25) is 0 Å². The summed E-state index contributed by atoms with van der Waals surface area (Å²) in [5, 5.41) is 19.9. The molecule has 2 fully saturated rings. The molecule has 0 unspecified atom stereocenters. The first-order valence-electron chi connectivity index (χ1n) is 11.5. The summed E-state index contributed by atoms with van der Waals surface area (Å²) >= 11 is 0.657. The van der Waals surface area contributed by atoms with E-state index < -0.39 is 39.7 Å². The number of aryl methyl sites for hydroxylation is 1. The van der Waals surface area contributed by atoms with Crippen LogP contribution in [0.15, 0.2) is 17.0 Å². The standard InChI is InChI=1S/C22H23F3N8O2S2/c1-11-8-33(9-13(7-23)27-11)16-6-14(37(34,35)32-22(10-26)3-4-22)5-15-17(16)28-12(2)29-18(15)20-30-31-21(36-20)19(24)25/h5-6,11,13,19,27,32H,3-4,7-9H2,1-2H3/t11-,13-/m0/s1. The summed E-state index contributed by atoms with van der Waals surface area (Å²) in [5.74, 6) is 0.318. The first-order valence-corrected chi connectivity index (χ1v) is 13.8. The summed E-state index contributed by atoms with van der Waals surface area (Å²) in [6.07, 6.45) is -2.03. The number of nitrogens with one attached hydrogen (secondary N) is 2. The van der Waals surface area contributed by atoms with Crippen molar-refractivity contribution in [2.75, 3.05) is 24.7 Å². The van der Waals surface area contributed by atoms with E-state index in [-0.39, 0.29) is 33.6 Å².